The van der Waals surface area contributed by atoms with E-state index in [4.69, 9.17) is 0 Å². The van der Waals surface area contributed by atoms with Crippen LogP contribution in [0.3, 0.4) is 0 Å². The number of hydrogen-bond acceptors (Lipinski definition) is 2. The van der Waals surface area contributed by atoms with Crippen molar-refractivity contribution in [3.8, 4) is 11.3 Å². The molecule has 0 spiro atoms. The van der Waals surface area contributed by atoms with Crippen LogP contribution in [0.1, 0.15) is 17.8 Å². The summed E-state index contributed by atoms with van der Waals surface area (Å²) in [6, 6.07) is 20.9. The Morgan fingerprint density at radius 3 is 2.19 bits per heavy atom. The molecule has 0 aliphatic carbocycles. The van der Waals surface area contributed by atoms with E-state index in [0.717, 1.165) is 36.3 Å². The van der Waals surface area contributed by atoms with Crippen LogP contribution in [-0.2, 0) is 12.8 Å². The van der Waals surface area contributed by atoms with Crippen molar-refractivity contribution in [2.45, 2.75) is 19.3 Å². The van der Waals surface area contributed by atoms with E-state index in [9.17, 15) is 0 Å². The molecule has 3 heteroatoms. The lowest BCUT2D eigenvalue weighted by Gasteiger charge is -1.99. The smallest absolute Gasteiger partial charge is 0.106 e. The van der Waals surface area contributed by atoms with Crippen LogP contribution in [0.15, 0.2) is 66.9 Å². The van der Waals surface area contributed by atoms with Gasteiger partial charge in [0.15, 0.2) is 0 Å². The Hall–Kier alpha value is -2.39. The molecule has 0 aliphatic heterocycles. The van der Waals surface area contributed by atoms with Gasteiger partial charge in [0.05, 0.1) is 5.69 Å². The first-order chi connectivity index (χ1) is 9.92. The summed E-state index contributed by atoms with van der Waals surface area (Å²) in [5.41, 5.74) is 3.58. The first-order valence-electron chi connectivity index (χ1n) is 7.05. The third kappa shape index (κ3) is 4.04. The molecule has 0 radical (unpaired) electrons. The molecule has 0 atom stereocenters. The van der Waals surface area contributed by atoms with Crippen molar-refractivity contribution in [1.82, 2.24) is 16.1 Å². The molecule has 3 aromatic rings. The van der Waals surface area contributed by atoms with Crippen LogP contribution in [0, 0.1) is 0 Å². The maximum atomic E-state index is 4.66. The second kappa shape index (κ2) is 7.41. The van der Waals surface area contributed by atoms with E-state index in [-0.39, 0.29) is 6.15 Å². The van der Waals surface area contributed by atoms with Gasteiger partial charge in [0.25, 0.3) is 0 Å². The van der Waals surface area contributed by atoms with Crippen molar-refractivity contribution in [1.29, 1.82) is 0 Å². The number of benzene rings is 2. The number of nitrogens with one attached hydrogen (secondary N) is 1. The first-order valence-corrected chi connectivity index (χ1v) is 7.05. The second-order valence-electron chi connectivity index (χ2n) is 4.94. The van der Waals surface area contributed by atoms with Gasteiger partial charge in [0, 0.05) is 18.2 Å². The van der Waals surface area contributed by atoms with Crippen LogP contribution in [0.2, 0.25) is 0 Å². The van der Waals surface area contributed by atoms with E-state index in [0.29, 0.717) is 0 Å². The molecule has 21 heavy (non-hydrogen) atoms. The van der Waals surface area contributed by atoms with Gasteiger partial charge in [-0.05, 0) is 18.4 Å². The highest BCUT2D eigenvalue weighted by atomic mass is 14.9. The molecule has 0 fully saturated rings. The minimum Gasteiger partial charge on any atom is -0.348 e. The van der Waals surface area contributed by atoms with Crippen LogP contribution >= 0.6 is 0 Å². The lowest BCUT2D eigenvalue weighted by Crippen LogP contribution is -1.92. The zero-order valence-electron chi connectivity index (χ0n) is 12.1. The molecule has 3 rings (SSSR count). The highest BCUT2D eigenvalue weighted by molar-refractivity contribution is 5.57. The maximum absolute atomic E-state index is 4.66. The topological polar surface area (TPSA) is 63.7 Å². The van der Waals surface area contributed by atoms with Crippen molar-refractivity contribution in [3.63, 3.8) is 0 Å². The summed E-state index contributed by atoms with van der Waals surface area (Å²) in [5.74, 6) is 1.07. The first kappa shape index (κ1) is 15.0. The standard InChI is InChI=1S/C18H18N2.H3N/c1-3-8-15(9-4-1)10-7-13-18-19-14-17(20-18)16-11-5-2-6-12-16;/h1-6,8-9,11-12,14H,7,10,13H2,(H,19,20);1H3. The summed E-state index contributed by atoms with van der Waals surface area (Å²) in [5, 5.41) is 0. The van der Waals surface area contributed by atoms with Crippen LogP contribution in [0.5, 0.6) is 0 Å². The van der Waals surface area contributed by atoms with Crippen LogP contribution in [-0.4, -0.2) is 9.97 Å². The van der Waals surface area contributed by atoms with Gasteiger partial charge in [0.2, 0.25) is 0 Å². The van der Waals surface area contributed by atoms with E-state index < -0.39 is 0 Å². The van der Waals surface area contributed by atoms with E-state index in [1.54, 1.807) is 0 Å². The minimum absolute atomic E-state index is 0. The van der Waals surface area contributed by atoms with E-state index in [1.165, 1.54) is 5.56 Å². The molecule has 108 valence electrons. The quantitative estimate of drug-likeness (QED) is 0.726. The molecule has 0 bridgehead atoms. The molecular weight excluding hydrogens is 258 g/mol. The largest absolute Gasteiger partial charge is 0.348 e. The number of nitrogens with zero attached hydrogens (tertiary/aromatic N) is 1. The maximum Gasteiger partial charge on any atom is 0.106 e. The third-order valence-corrected chi connectivity index (χ3v) is 3.42. The lowest BCUT2D eigenvalue weighted by atomic mass is 10.1. The Morgan fingerprint density at radius 2 is 1.48 bits per heavy atom. The summed E-state index contributed by atoms with van der Waals surface area (Å²) in [4.78, 5) is 7.94. The highest BCUT2D eigenvalue weighted by Gasteiger charge is 2.03. The summed E-state index contributed by atoms with van der Waals surface area (Å²) in [7, 11) is 0. The van der Waals surface area contributed by atoms with Crippen molar-refractivity contribution in [3.05, 3.63) is 78.2 Å². The Labute approximate surface area is 125 Å². The number of imidazole rings is 1. The number of rotatable bonds is 5. The molecule has 0 unspecified atom stereocenters. The van der Waals surface area contributed by atoms with Gasteiger partial charge in [-0.15, -0.1) is 0 Å². The molecule has 3 nitrogen and oxygen atoms in total. The predicted octanol–water partition coefficient (Wildman–Crippen LogP) is 4.41. The van der Waals surface area contributed by atoms with Crippen molar-refractivity contribution < 1.29 is 0 Å². The Morgan fingerprint density at radius 1 is 0.810 bits per heavy atom. The Bertz CT molecular complexity index is 644. The summed E-state index contributed by atoms with van der Waals surface area (Å²) in [6.45, 7) is 0. The number of aromatic amines is 1. The zero-order valence-corrected chi connectivity index (χ0v) is 12.1. The van der Waals surface area contributed by atoms with Crippen molar-refractivity contribution >= 4 is 0 Å². The molecule has 0 aliphatic rings. The van der Waals surface area contributed by atoms with Gasteiger partial charge in [-0.3, -0.25) is 0 Å². The van der Waals surface area contributed by atoms with Crippen molar-refractivity contribution in [2.75, 3.05) is 0 Å². The van der Waals surface area contributed by atoms with Gasteiger partial charge in [0.1, 0.15) is 5.82 Å². The second-order valence-corrected chi connectivity index (χ2v) is 4.94. The van der Waals surface area contributed by atoms with Gasteiger partial charge in [-0.25, -0.2) is 4.98 Å². The van der Waals surface area contributed by atoms with E-state index >= 15 is 0 Å². The van der Waals surface area contributed by atoms with E-state index in [1.807, 2.05) is 24.4 Å². The molecule has 0 amide bonds. The fraction of sp³-hybridized carbons (Fsp3) is 0.167. The van der Waals surface area contributed by atoms with Crippen LogP contribution in [0.25, 0.3) is 11.3 Å². The molecular formula is C18H21N3. The van der Waals surface area contributed by atoms with Crippen molar-refractivity contribution in [2.24, 2.45) is 0 Å². The average molecular weight is 279 g/mol. The molecule has 0 saturated heterocycles. The van der Waals surface area contributed by atoms with Gasteiger partial charge >= 0.3 is 0 Å². The fourth-order valence-electron chi connectivity index (χ4n) is 2.35. The van der Waals surface area contributed by atoms with Crippen LogP contribution in [0.4, 0.5) is 0 Å². The predicted molar refractivity (Wildman–Crippen MR) is 87.5 cm³/mol. The molecule has 1 heterocycles. The Balaban J connectivity index is 0.00000161. The van der Waals surface area contributed by atoms with Gasteiger partial charge < -0.3 is 11.1 Å². The highest BCUT2D eigenvalue weighted by Crippen LogP contribution is 2.16. The molecule has 0 saturated carbocycles. The SMILES string of the molecule is N.c1ccc(CCCc2nc(-c3ccccc3)c[nH]2)cc1. The van der Waals surface area contributed by atoms with Crippen LogP contribution < -0.4 is 6.15 Å². The van der Waals surface area contributed by atoms with E-state index in [2.05, 4.69) is 52.4 Å². The zero-order chi connectivity index (χ0) is 13.6. The normalized spacial score (nSPS) is 10.1. The number of aryl methyl sites for hydroxylation is 2. The minimum atomic E-state index is 0. The summed E-state index contributed by atoms with van der Waals surface area (Å²) >= 11 is 0. The average Bonchev–Trinajstić information content (AvgIpc) is 2.98. The van der Waals surface area contributed by atoms with Gasteiger partial charge in [-0.1, -0.05) is 60.7 Å². The molecule has 2 aromatic carbocycles. The fourth-order valence-corrected chi connectivity index (χ4v) is 2.35. The number of hydrogen-bond donors (Lipinski definition) is 2. The summed E-state index contributed by atoms with van der Waals surface area (Å²) in [6.07, 6.45) is 5.20. The summed E-state index contributed by atoms with van der Waals surface area (Å²) < 4.78 is 0. The number of aromatic nitrogens is 2. The lowest BCUT2D eigenvalue weighted by molar-refractivity contribution is 0.783. The third-order valence-electron chi connectivity index (χ3n) is 3.42. The monoisotopic (exact) mass is 279 g/mol. The molecule has 4 N–H and O–H groups in total. The Kier molecular flexibility index (Phi) is 5.29. The number of H-pyrrole nitrogens is 1. The van der Waals surface area contributed by atoms with Gasteiger partial charge in [-0.2, -0.15) is 0 Å². The molecule has 1 aromatic heterocycles.